The number of hydrogen-bond donors (Lipinski definition) is 3. The van der Waals surface area contributed by atoms with E-state index in [2.05, 4.69) is 10.6 Å². The minimum Gasteiger partial charge on any atom is -0.497 e. The van der Waals surface area contributed by atoms with Crippen molar-refractivity contribution in [3.8, 4) is 39.5 Å². The van der Waals surface area contributed by atoms with Gasteiger partial charge >= 0.3 is 12.1 Å². The van der Waals surface area contributed by atoms with E-state index in [0.717, 1.165) is 22.3 Å². The summed E-state index contributed by atoms with van der Waals surface area (Å²) >= 11 is 0. The largest absolute Gasteiger partial charge is 0.497 e. The SMILES string of the molecule is COc1ccc(-c2cc3cc(OC)c(OC)cc3n(CC(=O)NCCCC[C@H](NC(=O)OCC3c4ccccc4-c4ccccc43)C(=O)O)c2=O)cc1. The first-order valence-corrected chi connectivity index (χ1v) is 17.3. The van der Waals surface area contributed by atoms with Crippen LogP contribution in [0.15, 0.2) is 95.8 Å². The molecule has 1 atom stereocenters. The van der Waals surface area contributed by atoms with Crippen molar-refractivity contribution in [2.45, 2.75) is 37.8 Å². The molecule has 5 aromatic rings. The van der Waals surface area contributed by atoms with Gasteiger partial charge in [0.15, 0.2) is 11.5 Å². The van der Waals surface area contributed by atoms with Crippen LogP contribution in [0.3, 0.4) is 0 Å². The van der Waals surface area contributed by atoms with Gasteiger partial charge in [-0.1, -0.05) is 60.7 Å². The number of aliphatic carboxylic acids is 1. The van der Waals surface area contributed by atoms with Gasteiger partial charge in [0, 0.05) is 29.5 Å². The highest BCUT2D eigenvalue weighted by molar-refractivity contribution is 5.89. The summed E-state index contributed by atoms with van der Waals surface area (Å²) in [6.07, 6.45) is 0.157. The highest BCUT2D eigenvalue weighted by atomic mass is 16.5. The molecule has 1 aromatic heterocycles. The predicted molar refractivity (Wildman–Crippen MR) is 200 cm³/mol. The molecule has 0 unspecified atom stereocenters. The van der Waals surface area contributed by atoms with Crippen LogP contribution in [0.1, 0.15) is 36.3 Å². The number of unbranched alkanes of at least 4 members (excludes halogenated alkanes) is 1. The summed E-state index contributed by atoms with van der Waals surface area (Å²) in [4.78, 5) is 51.8. The average Bonchev–Trinajstić information content (AvgIpc) is 3.50. The lowest BCUT2D eigenvalue weighted by molar-refractivity contribution is -0.139. The van der Waals surface area contributed by atoms with Crippen molar-refractivity contribution >= 4 is 28.9 Å². The monoisotopic (exact) mass is 719 g/mol. The van der Waals surface area contributed by atoms with Crippen molar-refractivity contribution < 1.29 is 38.4 Å². The number of amides is 2. The van der Waals surface area contributed by atoms with Gasteiger partial charge in [0.1, 0.15) is 24.9 Å². The number of nitrogens with one attached hydrogen (secondary N) is 2. The Hall–Kier alpha value is -6.30. The molecule has 1 aliphatic rings. The zero-order chi connectivity index (χ0) is 37.5. The molecule has 1 aliphatic carbocycles. The van der Waals surface area contributed by atoms with Gasteiger partial charge in [0.05, 0.1) is 26.8 Å². The zero-order valence-electron chi connectivity index (χ0n) is 29.7. The van der Waals surface area contributed by atoms with Gasteiger partial charge in [-0.05, 0) is 71.3 Å². The smallest absolute Gasteiger partial charge is 0.407 e. The third kappa shape index (κ3) is 7.96. The van der Waals surface area contributed by atoms with Crippen molar-refractivity contribution in [2.24, 2.45) is 0 Å². The molecule has 274 valence electrons. The molecule has 0 saturated carbocycles. The molecule has 12 heteroatoms. The number of aromatic nitrogens is 1. The number of hydrogen-bond acceptors (Lipinski definition) is 8. The number of carbonyl (C=O) groups excluding carboxylic acids is 2. The van der Waals surface area contributed by atoms with Crippen LogP contribution >= 0.6 is 0 Å². The second-order valence-corrected chi connectivity index (χ2v) is 12.7. The normalized spacial score (nSPS) is 12.4. The van der Waals surface area contributed by atoms with E-state index in [1.165, 1.54) is 18.8 Å². The van der Waals surface area contributed by atoms with Crippen molar-refractivity contribution in [1.82, 2.24) is 15.2 Å². The molecular weight excluding hydrogens is 678 g/mol. The second-order valence-electron chi connectivity index (χ2n) is 12.7. The number of alkyl carbamates (subject to hydrolysis) is 1. The Balaban J connectivity index is 1.05. The van der Waals surface area contributed by atoms with E-state index in [-0.39, 0.29) is 37.6 Å². The van der Waals surface area contributed by atoms with E-state index in [1.54, 1.807) is 49.6 Å². The fourth-order valence-electron chi connectivity index (χ4n) is 6.78. The number of carbonyl (C=O) groups is 3. The van der Waals surface area contributed by atoms with Crippen LogP contribution in [0, 0.1) is 0 Å². The van der Waals surface area contributed by atoms with Gasteiger partial charge in [0.25, 0.3) is 5.56 Å². The van der Waals surface area contributed by atoms with Crippen LogP contribution in [0.4, 0.5) is 4.79 Å². The molecule has 2 amide bonds. The molecule has 3 N–H and O–H groups in total. The minimum absolute atomic E-state index is 0.0694. The summed E-state index contributed by atoms with van der Waals surface area (Å²) in [5.41, 5.74) is 5.47. The Morgan fingerprint density at radius 1 is 0.792 bits per heavy atom. The third-order valence-electron chi connectivity index (χ3n) is 9.48. The van der Waals surface area contributed by atoms with E-state index in [9.17, 15) is 24.3 Å². The summed E-state index contributed by atoms with van der Waals surface area (Å²) in [7, 11) is 4.57. The quantitative estimate of drug-likeness (QED) is 0.111. The second kappa shape index (κ2) is 16.4. The number of methoxy groups -OCH3 is 3. The van der Waals surface area contributed by atoms with Crippen LogP contribution < -0.4 is 30.4 Å². The Labute approximate surface area is 306 Å². The number of nitrogens with zero attached hydrogens (tertiary/aromatic N) is 1. The lowest BCUT2D eigenvalue weighted by Gasteiger charge is -2.17. The van der Waals surface area contributed by atoms with Gasteiger partial charge in [-0.2, -0.15) is 0 Å². The van der Waals surface area contributed by atoms with E-state index in [4.69, 9.17) is 18.9 Å². The maximum absolute atomic E-state index is 13.8. The van der Waals surface area contributed by atoms with Gasteiger partial charge in [-0.15, -0.1) is 0 Å². The van der Waals surface area contributed by atoms with Gasteiger partial charge in [0.2, 0.25) is 5.91 Å². The molecular formula is C41H41N3O9. The molecule has 1 heterocycles. The lowest BCUT2D eigenvalue weighted by atomic mass is 9.98. The first kappa shape index (κ1) is 36.5. The zero-order valence-corrected chi connectivity index (χ0v) is 29.7. The van der Waals surface area contributed by atoms with Crippen molar-refractivity contribution in [3.63, 3.8) is 0 Å². The summed E-state index contributed by atoms with van der Waals surface area (Å²) in [5, 5.41) is 15.8. The molecule has 6 rings (SSSR count). The fourth-order valence-corrected chi connectivity index (χ4v) is 6.78. The van der Waals surface area contributed by atoms with Gasteiger partial charge < -0.3 is 34.7 Å². The predicted octanol–water partition coefficient (Wildman–Crippen LogP) is 5.97. The summed E-state index contributed by atoms with van der Waals surface area (Å²) in [5.74, 6) is -0.209. The van der Waals surface area contributed by atoms with E-state index < -0.39 is 24.0 Å². The first-order valence-electron chi connectivity index (χ1n) is 17.3. The van der Waals surface area contributed by atoms with Crippen molar-refractivity contribution in [2.75, 3.05) is 34.5 Å². The molecule has 0 fully saturated rings. The molecule has 12 nitrogen and oxygen atoms in total. The summed E-state index contributed by atoms with van der Waals surface area (Å²) in [6.45, 7) is 0.0357. The number of carboxylic acids is 1. The fraction of sp³-hybridized carbons (Fsp3) is 0.268. The molecule has 0 spiro atoms. The number of benzene rings is 4. The summed E-state index contributed by atoms with van der Waals surface area (Å²) in [6, 6.07) is 27.0. The summed E-state index contributed by atoms with van der Waals surface area (Å²) < 4.78 is 23.1. The van der Waals surface area contributed by atoms with E-state index in [0.29, 0.717) is 52.1 Å². The number of carboxylic acid groups (broad SMARTS) is 1. The number of fused-ring (bicyclic) bond motifs is 4. The molecule has 4 aromatic carbocycles. The highest BCUT2D eigenvalue weighted by Crippen LogP contribution is 2.44. The highest BCUT2D eigenvalue weighted by Gasteiger charge is 2.30. The number of ether oxygens (including phenoxy) is 4. The van der Waals surface area contributed by atoms with Crippen molar-refractivity contribution in [1.29, 1.82) is 0 Å². The molecule has 0 aliphatic heterocycles. The molecule has 0 bridgehead atoms. The van der Waals surface area contributed by atoms with E-state index in [1.807, 2.05) is 48.5 Å². The Kier molecular flexibility index (Phi) is 11.3. The van der Waals surface area contributed by atoms with Crippen LogP contribution in [0.25, 0.3) is 33.2 Å². The average molecular weight is 720 g/mol. The van der Waals surface area contributed by atoms with Crippen LogP contribution in [-0.4, -0.2) is 68.2 Å². The Morgan fingerprint density at radius 2 is 1.43 bits per heavy atom. The maximum atomic E-state index is 13.8. The van der Waals surface area contributed by atoms with Crippen LogP contribution in [0.5, 0.6) is 17.2 Å². The maximum Gasteiger partial charge on any atom is 0.407 e. The number of pyridine rings is 1. The number of rotatable bonds is 15. The van der Waals surface area contributed by atoms with Gasteiger partial charge in [-0.3, -0.25) is 14.2 Å². The Bertz CT molecular complexity index is 2150. The lowest BCUT2D eigenvalue weighted by Crippen LogP contribution is -2.41. The standard InChI is InChI=1S/C41H41N3O9/c1-50-27-17-15-25(16-18-27)32-20-26-21-36(51-2)37(52-3)22-35(26)44(39(32)46)23-38(45)42-19-9-8-14-34(40(47)48)43-41(49)53-24-33-30-12-6-4-10-28(30)29-11-5-7-13-31(29)33/h4-7,10-13,15-18,20-22,33-34H,8-9,14,19,23-24H2,1-3H3,(H,42,45)(H,43,49)(H,47,48)/t34-/m0/s1. The molecule has 53 heavy (non-hydrogen) atoms. The van der Waals surface area contributed by atoms with Gasteiger partial charge in [-0.25, -0.2) is 9.59 Å². The molecule has 0 saturated heterocycles. The molecule has 0 radical (unpaired) electrons. The minimum atomic E-state index is -1.18. The third-order valence-corrected chi connectivity index (χ3v) is 9.48. The van der Waals surface area contributed by atoms with Crippen LogP contribution in [-0.2, 0) is 20.9 Å². The van der Waals surface area contributed by atoms with Crippen LogP contribution in [0.2, 0.25) is 0 Å². The van der Waals surface area contributed by atoms with Crippen molar-refractivity contribution in [3.05, 3.63) is 112 Å². The Morgan fingerprint density at radius 3 is 2.06 bits per heavy atom. The van der Waals surface area contributed by atoms with E-state index >= 15 is 0 Å². The first-order chi connectivity index (χ1) is 25.7. The topological polar surface area (TPSA) is 154 Å².